The van der Waals surface area contributed by atoms with E-state index < -0.39 is 0 Å². The summed E-state index contributed by atoms with van der Waals surface area (Å²) in [6.07, 6.45) is 3.67. The summed E-state index contributed by atoms with van der Waals surface area (Å²) in [7, 11) is 0. The Bertz CT molecular complexity index is 674. The second-order valence-electron chi connectivity index (χ2n) is 6.06. The number of aromatic amines is 1. The summed E-state index contributed by atoms with van der Waals surface area (Å²) in [5.41, 5.74) is 0.373. The van der Waals surface area contributed by atoms with Gasteiger partial charge in [-0.15, -0.1) is 0 Å². The predicted octanol–water partition coefficient (Wildman–Crippen LogP) is 1.96. The van der Waals surface area contributed by atoms with Crippen LogP contribution in [-0.4, -0.2) is 25.6 Å². The summed E-state index contributed by atoms with van der Waals surface area (Å²) in [6, 6.07) is 2.28. The second kappa shape index (κ2) is 4.92. The maximum atomic E-state index is 11.6. The monoisotopic (exact) mass is 275 g/mol. The quantitative estimate of drug-likeness (QED) is 0.878. The van der Waals surface area contributed by atoms with Crippen LogP contribution in [0.1, 0.15) is 38.9 Å². The van der Waals surface area contributed by atoms with E-state index in [1.165, 1.54) is 23.7 Å². The first-order valence-corrected chi connectivity index (χ1v) is 7.26. The zero-order valence-corrected chi connectivity index (χ0v) is 12.2. The molecule has 3 rings (SSSR count). The molecule has 2 heterocycles. The minimum Gasteiger partial charge on any atom is -0.367 e. The van der Waals surface area contributed by atoms with Crippen molar-refractivity contribution in [1.82, 2.24) is 19.6 Å². The Hall–Kier alpha value is -1.85. The van der Waals surface area contributed by atoms with E-state index in [1.807, 2.05) is 13.0 Å². The van der Waals surface area contributed by atoms with Crippen LogP contribution in [0, 0.1) is 18.8 Å². The predicted molar refractivity (Wildman–Crippen MR) is 77.9 cm³/mol. The maximum absolute atomic E-state index is 11.6. The Kier molecular flexibility index (Phi) is 3.23. The van der Waals surface area contributed by atoms with Crippen molar-refractivity contribution in [3.63, 3.8) is 0 Å². The van der Waals surface area contributed by atoms with Gasteiger partial charge >= 0.3 is 5.69 Å². The third kappa shape index (κ3) is 2.30. The molecule has 6 heteroatoms. The Morgan fingerprint density at radius 1 is 1.40 bits per heavy atom. The molecular weight excluding hydrogens is 254 g/mol. The molecule has 0 aromatic carbocycles. The molecule has 0 spiro atoms. The van der Waals surface area contributed by atoms with Crippen LogP contribution in [-0.2, 0) is 0 Å². The van der Waals surface area contributed by atoms with Crippen LogP contribution in [0.15, 0.2) is 10.9 Å². The number of hydrogen-bond donors (Lipinski definition) is 2. The molecule has 20 heavy (non-hydrogen) atoms. The lowest BCUT2D eigenvalue weighted by Crippen LogP contribution is -2.33. The summed E-state index contributed by atoms with van der Waals surface area (Å²) in [4.78, 5) is 16.0. The van der Waals surface area contributed by atoms with Crippen molar-refractivity contribution in [2.75, 3.05) is 5.32 Å². The average molecular weight is 275 g/mol. The van der Waals surface area contributed by atoms with Gasteiger partial charge in [-0.25, -0.2) is 19.3 Å². The van der Waals surface area contributed by atoms with Crippen LogP contribution < -0.4 is 11.0 Å². The molecule has 2 aromatic heterocycles. The smallest absolute Gasteiger partial charge is 0.349 e. The van der Waals surface area contributed by atoms with Gasteiger partial charge in [-0.2, -0.15) is 5.10 Å². The molecule has 0 amide bonds. The first kappa shape index (κ1) is 13.1. The molecule has 3 atom stereocenters. The van der Waals surface area contributed by atoms with Gasteiger partial charge in [0.25, 0.3) is 0 Å². The molecule has 0 radical (unpaired) electrons. The normalized spacial score (nSPS) is 26.9. The summed E-state index contributed by atoms with van der Waals surface area (Å²) in [5, 5.41) is 9.97. The van der Waals surface area contributed by atoms with Crippen LogP contribution >= 0.6 is 0 Å². The topological polar surface area (TPSA) is 75.1 Å². The van der Waals surface area contributed by atoms with E-state index in [4.69, 9.17) is 0 Å². The highest BCUT2D eigenvalue weighted by molar-refractivity contribution is 5.50. The fraction of sp³-hybridized carbons (Fsp3) is 0.643. The standard InChI is InChI=1S/C14H21N5O/c1-8-4-5-11(9(2)6-8)16-12-7-13-17-18-14(20)19(13)10(3)15-12/h7-9,11,16H,4-6H2,1-3H3,(H,18,20). The van der Waals surface area contributed by atoms with Crippen molar-refractivity contribution in [3.05, 3.63) is 22.4 Å². The number of aryl methyl sites for hydroxylation is 1. The molecule has 1 aliphatic carbocycles. The Balaban J connectivity index is 1.86. The van der Waals surface area contributed by atoms with Gasteiger partial charge < -0.3 is 5.32 Å². The van der Waals surface area contributed by atoms with E-state index in [1.54, 1.807) is 0 Å². The second-order valence-corrected chi connectivity index (χ2v) is 6.06. The fourth-order valence-electron chi connectivity index (χ4n) is 3.24. The van der Waals surface area contributed by atoms with Gasteiger partial charge in [-0.1, -0.05) is 13.8 Å². The fourth-order valence-corrected chi connectivity index (χ4v) is 3.24. The molecule has 2 aromatic rings. The van der Waals surface area contributed by atoms with E-state index in [-0.39, 0.29) is 5.69 Å². The first-order valence-electron chi connectivity index (χ1n) is 7.26. The lowest BCUT2D eigenvalue weighted by Gasteiger charge is -2.33. The van der Waals surface area contributed by atoms with Gasteiger partial charge in [0.1, 0.15) is 11.6 Å². The van der Waals surface area contributed by atoms with Crippen LogP contribution in [0.5, 0.6) is 0 Å². The zero-order chi connectivity index (χ0) is 14.3. The molecule has 0 saturated heterocycles. The largest absolute Gasteiger partial charge is 0.367 e. The Labute approximate surface area is 117 Å². The molecule has 6 nitrogen and oxygen atoms in total. The Morgan fingerprint density at radius 3 is 2.95 bits per heavy atom. The summed E-state index contributed by atoms with van der Waals surface area (Å²) < 4.78 is 1.48. The molecular formula is C14H21N5O. The summed E-state index contributed by atoms with van der Waals surface area (Å²) in [6.45, 7) is 6.43. The number of rotatable bonds is 2. The summed E-state index contributed by atoms with van der Waals surface area (Å²) >= 11 is 0. The molecule has 0 bridgehead atoms. The highest BCUT2D eigenvalue weighted by atomic mass is 16.1. The van der Waals surface area contributed by atoms with Gasteiger partial charge in [0.2, 0.25) is 0 Å². The highest BCUT2D eigenvalue weighted by Gasteiger charge is 2.25. The van der Waals surface area contributed by atoms with Crippen molar-refractivity contribution < 1.29 is 0 Å². The SMILES string of the molecule is Cc1nc(NC2CCC(C)CC2C)cc2n[nH]c(=O)n12. The van der Waals surface area contributed by atoms with Crippen molar-refractivity contribution in [3.8, 4) is 0 Å². The van der Waals surface area contributed by atoms with Crippen LogP contribution in [0.3, 0.4) is 0 Å². The van der Waals surface area contributed by atoms with Crippen LogP contribution in [0.4, 0.5) is 5.82 Å². The third-order valence-corrected chi connectivity index (χ3v) is 4.33. The minimum absolute atomic E-state index is 0.239. The van der Waals surface area contributed by atoms with E-state index in [0.29, 0.717) is 23.4 Å². The number of anilines is 1. The van der Waals surface area contributed by atoms with Gasteiger partial charge in [-0.05, 0) is 38.0 Å². The lowest BCUT2D eigenvalue weighted by molar-refractivity contribution is 0.276. The molecule has 108 valence electrons. The zero-order valence-electron chi connectivity index (χ0n) is 12.2. The third-order valence-electron chi connectivity index (χ3n) is 4.33. The number of fused-ring (bicyclic) bond motifs is 1. The molecule has 1 fully saturated rings. The number of aromatic nitrogens is 4. The average Bonchev–Trinajstić information content (AvgIpc) is 2.75. The molecule has 1 saturated carbocycles. The van der Waals surface area contributed by atoms with Crippen LogP contribution in [0.2, 0.25) is 0 Å². The van der Waals surface area contributed by atoms with E-state index in [2.05, 4.69) is 34.3 Å². The molecule has 2 N–H and O–H groups in total. The van der Waals surface area contributed by atoms with Crippen molar-refractivity contribution in [2.45, 2.75) is 46.1 Å². The molecule has 1 aliphatic rings. The van der Waals surface area contributed by atoms with Gasteiger partial charge in [0, 0.05) is 12.1 Å². The first-order chi connectivity index (χ1) is 9.54. The van der Waals surface area contributed by atoms with Crippen molar-refractivity contribution in [2.24, 2.45) is 11.8 Å². The van der Waals surface area contributed by atoms with Crippen molar-refractivity contribution >= 4 is 11.5 Å². The van der Waals surface area contributed by atoms with Gasteiger partial charge in [-0.3, -0.25) is 0 Å². The number of nitrogens with one attached hydrogen (secondary N) is 2. The van der Waals surface area contributed by atoms with E-state index in [0.717, 1.165) is 11.7 Å². The van der Waals surface area contributed by atoms with Crippen LogP contribution in [0.25, 0.3) is 5.65 Å². The molecule has 3 unspecified atom stereocenters. The lowest BCUT2D eigenvalue weighted by atomic mass is 9.80. The van der Waals surface area contributed by atoms with Crippen molar-refractivity contribution in [1.29, 1.82) is 0 Å². The Morgan fingerprint density at radius 2 is 2.20 bits per heavy atom. The van der Waals surface area contributed by atoms with Gasteiger partial charge in [0.05, 0.1) is 0 Å². The summed E-state index contributed by atoms with van der Waals surface area (Å²) in [5.74, 6) is 2.91. The number of nitrogens with zero attached hydrogens (tertiary/aromatic N) is 3. The maximum Gasteiger partial charge on any atom is 0.349 e. The highest BCUT2D eigenvalue weighted by Crippen LogP contribution is 2.30. The van der Waals surface area contributed by atoms with E-state index >= 15 is 0 Å². The van der Waals surface area contributed by atoms with E-state index in [9.17, 15) is 4.79 Å². The minimum atomic E-state index is -0.239. The number of H-pyrrole nitrogens is 1. The van der Waals surface area contributed by atoms with Gasteiger partial charge in [0.15, 0.2) is 5.65 Å². The molecule has 0 aliphatic heterocycles. The number of hydrogen-bond acceptors (Lipinski definition) is 4.